The summed E-state index contributed by atoms with van der Waals surface area (Å²) in [7, 11) is 1.27. The first-order chi connectivity index (χ1) is 12.4. The Morgan fingerprint density at radius 1 is 1.08 bits per heavy atom. The second-order valence-corrected chi connectivity index (χ2v) is 6.17. The zero-order valence-corrected chi connectivity index (χ0v) is 15.2. The highest BCUT2D eigenvalue weighted by Gasteiger charge is 2.23. The van der Waals surface area contributed by atoms with Gasteiger partial charge >= 0.3 is 5.97 Å². The van der Waals surface area contributed by atoms with Gasteiger partial charge in [-0.25, -0.2) is 4.79 Å². The van der Waals surface area contributed by atoms with Crippen molar-refractivity contribution in [1.82, 2.24) is 0 Å². The third kappa shape index (κ3) is 3.20. The number of aryl methyl sites for hydroxylation is 2. The van der Waals surface area contributed by atoms with Crippen molar-refractivity contribution in [2.24, 2.45) is 0 Å². The van der Waals surface area contributed by atoms with Crippen LogP contribution < -0.4 is 10.2 Å². The fraction of sp³-hybridized carbons (Fsp3) is 0.238. The van der Waals surface area contributed by atoms with Gasteiger partial charge in [-0.15, -0.1) is 0 Å². The fourth-order valence-electron chi connectivity index (χ4n) is 2.71. The van der Waals surface area contributed by atoms with E-state index >= 15 is 0 Å². The predicted octanol–water partition coefficient (Wildman–Crippen LogP) is 4.02. The smallest absolute Gasteiger partial charge is 0.346 e. The highest BCUT2D eigenvalue weighted by Crippen LogP contribution is 2.32. The highest BCUT2D eigenvalue weighted by atomic mass is 16.6. The molecule has 26 heavy (non-hydrogen) atoms. The van der Waals surface area contributed by atoms with Gasteiger partial charge in [0.2, 0.25) is 11.2 Å². The third-order valence-corrected chi connectivity index (χ3v) is 4.33. The minimum atomic E-state index is -0.936. The van der Waals surface area contributed by atoms with E-state index in [9.17, 15) is 9.59 Å². The van der Waals surface area contributed by atoms with Gasteiger partial charge in [-0.05, 0) is 44.0 Å². The van der Waals surface area contributed by atoms with Gasteiger partial charge in [0, 0.05) is 5.56 Å². The summed E-state index contributed by atoms with van der Waals surface area (Å²) in [4.78, 5) is 24.9. The molecule has 0 N–H and O–H groups in total. The zero-order chi connectivity index (χ0) is 18.8. The minimum absolute atomic E-state index is 0.00449. The van der Waals surface area contributed by atoms with Gasteiger partial charge in [0.05, 0.1) is 12.5 Å². The average Bonchev–Trinajstić information content (AvgIpc) is 2.65. The quantitative estimate of drug-likeness (QED) is 0.664. The topological polar surface area (TPSA) is 65.7 Å². The molecule has 5 nitrogen and oxygen atoms in total. The van der Waals surface area contributed by atoms with E-state index in [1.54, 1.807) is 6.07 Å². The highest BCUT2D eigenvalue weighted by molar-refractivity contribution is 5.84. The summed E-state index contributed by atoms with van der Waals surface area (Å²) in [6.07, 6.45) is -0.936. The van der Waals surface area contributed by atoms with Gasteiger partial charge in [-0.3, -0.25) is 4.79 Å². The molecule has 0 bridgehead atoms. The first-order valence-corrected chi connectivity index (χ1v) is 8.30. The van der Waals surface area contributed by atoms with E-state index < -0.39 is 12.1 Å². The standard InChI is InChI=1S/C21H20O5/c1-12-10-16-17(11-13(12)2)26-19(15-8-6-5-7-9-15)20(18(16)22)25-14(3)21(23)24-4/h5-11,14H,1-4H3/t14-/m1/s1. The predicted molar refractivity (Wildman–Crippen MR) is 99.5 cm³/mol. The van der Waals surface area contributed by atoms with Crippen LogP contribution in [0.5, 0.6) is 5.75 Å². The van der Waals surface area contributed by atoms with Gasteiger partial charge in [-0.2, -0.15) is 0 Å². The Balaban J connectivity index is 2.28. The lowest BCUT2D eigenvalue weighted by molar-refractivity contribution is -0.147. The van der Waals surface area contributed by atoms with Crippen molar-refractivity contribution in [1.29, 1.82) is 0 Å². The molecule has 5 heteroatoms. The van der Waals surface area contributed by atoms with Crippen molar-refractivity contribution in [3.05, 3.63) is 63.8 Å². The van der Waals surface area contributed by atoms with Gasteiger partial charge in [0.25, 0.3) is 0 Å². The van der Waals surface area contributed by atoms with Crippen LogP contribution >= 0.6 is 0 Å². The molecule has 134 valence electrons. The zero-order valence-electron chi connectivity index (χ0n) is 15.2. The van der Waals surface area contributed by atoms with Crippen molar-refractivity contribution in [3.8, 4) is 17.1 Å². The van der Waals surface area contributed by atoms with Gasteiger partial charge in [-0.1, -0.05) is 30.3 Å². The van der Waals surface area contributed by atoms with Crippen molar-refractivity contribution >= 4 is 16.9 Å². The number of carbonyl (C=O) groups excluding carboxylic acids is 1. The van der Waals surface area contributed by atoms with Crippen LogP contribution in [0.4, 0.5) is 0 Å². The molecule has 0 aliphatic rings. The number of esters is 1. The van der Waals surface area contributed by atoms with Crippen molar-refractivity contribution < 1.29 is 18.7 Å². The Hall–Kier alpha value is -3.08. The molecule has 0 aliphatic heterocycles. The number of hydrogen-bond acceptors (Lipinski definition) is 5. The van der Waals surface area contributed by atoms with Crippen LogP contribution in [0, 0.1) is 13.8 Å². The first kappa shape index (κ1) is 17.7. The first-order valence-electron chi connectivity index (χ1n) is 8.30. The summed E-state index contributed by atoms with van der Waals surface area (Å²) in [6, 6.07) is 12.8. The van der Waals surface area contributed by atoms with Gasteiger partial charge in [0.1, 0.15) is 5.58 Å². The molecule has 0 spiro atoms. The Bertz CT molecular complexity index is 1020. The van der Waals surface area contributed by atoms with Gasteiger partial charge in [0.15, 0.2) is 11.9 Å². The Morgan fingerprint density at radius 2 is 1.73 bits per heavy atom. The molecule has 0 saturated heterocycles. The maximum absolute atomic E-state index is 13.1. The maximum atomic E-state index is 13.1. The van der Waals surface area contributed by atoms with Crippen LogP contribution in [0.25, 0.3) is 22.3 Å². The minimum Gasteiger partial charge on any atom is -0.471 e. The second kappa shape index (κ2) is 7.04. The van der Waals surface area contributed by atoms with Crippen molar-refractivity contribution in [2.75, 3.05) is 7.11 Å². The van der Waals surface area contributed by atoms with Gasteiger partial charge < -0.3 is 13.9 Å². The molecule has 1 heterocycles. The second-order valence-electron chi connectivity index (χ2n) is 6.17. The number of methoxy groups -OCH3 is 1. The number of ether oxygens (including phenoxy) is 2. The summed E-state index contributed by atoms with van der Waals surface area (Å²) in [6.45, 7) is 5.42. The molecular formula is C21H20O5. The third-order valence-electron chi connectivity index (χ3n) is 4.33. The van der Waals surface area contributed by atoms with E-state index in [0.717, 1.165) is 11.1 Å². The van der Waals surface area contributed by atoms with Crippen LogP contribution in [0.2, 0.25) is 0 Å². The molecule has 0 unspecified atom stereocenters. The molecular weight excluding hydrogens is 332 g/mol. The Morgan fingerprint density at radius 3 is 2.38 bits per heavy atom. The summed E-state index contributed by atoms with van der Waals surface area (Å²) >= 11 is 0. The molecule has 0 aliphatic carbocycles. The fourth-order valence-corrected chi connectivity index (χ4v) is 2.71. The number of benzene rings is 2. The van der Waals surface area contributed by atoms with Crippen LogP contribution in [0.1, 0.15) is 18.1 Å². The lowest BCUT2D eigenvalue weighted by Crippen LogP contribution is -2.27. The number of carbonyl (C=O) groups is 1. The van der Waals surface area contributed by atoms with Crippen LogP contribution in [-0.2, 0) is 9.53 Å². The molecule has 0 saturated carbocycles. The van der Waals surface area contributed by atoms with Crippen molar-refractivity contribution in [2.45, 2.75) is 26.9 Å². The van der Waals surface area contributed by atoms with E-state index in [2.05, 4.69) is 0 Å². The normalized spacial score (nSPS) is 12.0. The Labute approximate surface area is 151 Å². The summed E-state index contributed by atoms with van der Waals surface area (Å²) in [5.74, 6) is -0.268. The summed E-state index contributed by atoms with van der Waals surface area (Å²) in [5, 5.41) is 0.417. The van der Waals surface area contributed by atoms with E-state index in [4.69, 9.17) is 13.9 Å². The van der Waals surface area contributed by atoms with E-state index in [1.165, 1.54) is 14.0 Å². The Kier molecular flexibility index (Phi) is 4.80. The molecule has 2 aromatic carbocycles. The SMILES string of the molecule is COC(=O)[C@@H](C)Oc1c(-c2ccccc2)oc2cc(C)c(C)cc2c1=O. The van der Waals surface area contributed by atoms with E-state index in [0.29, 0.717) is 22.3 Å². The molecule has 0 fully saturated rings. The molecule has 3 aromatic rings. The maximum Gasteiger partial charge on any atom is 0.346 e. The number of rotatable bonds is 4. The lowest BCUT2D eigenvalue weighted by atomic mass is 10.0. The monoisotopic (exact) mass is 352 g/mol. The van der Waals surface area contributed by atoms with Crippen LogP contribution in [0.3, 0.4) is 0 Å². The molecule has 1 atom stereocenters. The molecule has 3 rings (SSSR count). The van der Waals surface area contributed by atoms with Crippen LogP contribution in [0.15, 0.2) is 51.7 Å². The average molecular weight is 352 g/mol. The largest absolute Gasteiger partial charge is 0.471 e. The number of hydrogen-bond donors (Lipinski definition) is 0. The van der Waals surface area contributed by atoms with E-state index in [-0.39, 0.29) is 11.2 Å². The summed E-state index contributed by atoms with van der Waals surface area (Å²) < 4.78 is 16.4. The summed E-state index contributed by atoms with van der Waals surface area (Å²) in [5.41, 5.74) is 2.86. The van der Waals surface area contributed by atoms with Crippen molar-refractivity contribution in [3.63, 3.8) is 0 Å². The van der Waals surface area contributed by atoms with Crippen LogP contribution in [-0.4, -0.2) is 19.2 Å². The molecule has 0 radical (unpaired) electrons. The van der Waals surface area contributed by atoms with E-state index in [1.807, 2.05) is 50.2 Å². The molecule has 0 amide bonds. The number of fused-ring (bicyclic) bond motifs is 1. The lowest BCUT2D eigenvalue weighted by Gasteiger charge is -2.16. The molecule has 1 aromatic heterocycles.